The summed E-state index contributed by atoms with van der Waals surface area (Å²) in [6, 6.07) is 6.74. The van der Waals surface area contributed by atoms with E-state index in [0.29, 0.717) is 17.3 Å². The van der Waals surface area contributed by atoms with Crippen LogP contribution in [0.15, 0.2) is 29.2 Å². The van der Waals surface area contributed by atoms with E-state index in [0.717, 1.165) is 22.2 Å². The summed E-state index contributed by atoms with van der Waals surface area (Å²) in [4.78, 5) is 35.6. The van der Waals surface area contributed by atoms with Crippen molar-refractivity contribution in [1.82, 2.24) is 4.90 Å². The molecule has 0 aromatic heterocycles. The molecule has 1 heterocycles. The minimum absolute atomic E-state index is 0.180. The van der Waals surface area contributed by atoms with E-state index in [2.05, 4.69) is 0 Å². The molecule has 1 saturated heterocycles. The number of amides is 1. The molecule has 0 spiro atoms. The van der Waals surface area contributed by atoms with Gasteiger partial charge in [-0.15, -0.1) is 0 Å². The molecule has 9 heteroatoms. The molecule has 1 aliphatic rings. The summed E-state index contributed by atoms with van der Waals surface area (Å²) in [6.45, 7) is 1.37. The van der Waals surface area contributed by atoms with Gasteiger partial charge in [-0.25, -0.2) is 4.79 Å². The van der Waals surface area contributed by atoms with E-state index in [1.54, 1.807) is 37.3 Å². The Bertz CT molecular complexity index is 729. The van der Waals surface area contributed by atoms with Gasteiger partial charge in [0.25, 0.3) is 5.91 Å². The predicted molar refractivity (Wildman–Crippen MR) is 96.1 cm³/mol. The maximum atomic E-state index is 12.2. The molecule has 7 nitrogen and oxygen atoms in total. The van der Waals surface area contributed by atoms with Gasteiger partial charge in [0, 0.05) is 0 Å². The van der Waals surface area contributed by atoms with Crippen LogP contribution in [0.2, 0.25) is 0 Å². The molecule has 1 amide bonds. The molecule has 25 heavy (non-hydrogen) atoms. The van der Waals surface area contributed by atoms with Crippen LogP contribution in [0, 0.1) is 0 Å². The van der Waals surface area contributed by atoms with Crippen molar-refractivity contribution in [3.8, 4) is 5.75 Å². The number of thiocarbonyl (C=S) groups is 1. The normalized spacial score (nSPS) is 15.6. The number of aliphatic carboxylic acids is 1. The van der Waals surface area contributed by atoms with Crippen molar-refractivity contribution < 1.29 is 29.0 Å². The van der Waals surface area contributed by atoms with Gasteiger partial charge in [0.2, 0.25) is 0 Å². The molecule has 0 atom stereocenters. The number of hydrogen-bond donors (Lipinski definition) is 1. The minimum Gasteiger partial charge on any atom is -0.482 e. The van der Waals surface area contributed by atoms with Crippen LogP contribution in [0.1, 0.15) is 12.5 Å². The molecule has 132 valence electrons. The zero-order valence-corrected chi connectivity index (χ0v) is 14.9. The van der Waals surface area contributed by atoms with Crippen molar-refractivity contribution in [3.63, 3.8) is 0 Å². The Hall–Kier alpha value is -2.39. The Morgan fingerprint density at radius 1 is 1.32 bits per heavy atom. The largest absolute Gasteiger partial charge is 0.482 e. The first-order valence-electron chi connectivity index (χ1n) is 7.26. The summed E-state index contributed by atoms with van der Waals surface area (Å²) in [5.41, 5.74) is 0.722. The van der Waals surface area contributed by atoms with Gasteiger partial charge in [-0.3, -0.25) is 14.5 Å². The van der Waals surface area contributed by atoms with Gasteiger partial charge >= 0.3 is 11.9 Å². The number of ether oxygens (including phenoxy) is 2. The molecule has 1 aromatic carbocycles. The number of nitrogens with zero attached hydrogens (tertiary/aromatic N) is 1. The maximum Gasteiger partial charge on any atom is 0.344 e. The molecule has 1 aromatic rings. The second-order valence-electron chi connectivity index (χ2n) is 4.82. The molecule has 0 bridgehead atoms. The highest BCUT2D eigenvalue weighted by Gasteiger charge is 2.33. The Morgan fingerprint density at radius 2 is 2.00 bits per heavy atom. The van der Waals surface area contributed by atoms with Gasteiger partial charge < -0.3 is 14.6 Å². The molecular formula is C16H15NO6S2. The molecule has 0 unspecified atom stereocenters. The number of carbonyl (C=O) groups excluding carboxylic acids is 2. The molecule has 1 fully saturated rings. The van der Waals surface area contributed by atoms with E-state index in [1.807, 2.05) is 0 Å². The first-order chi connectivity index (χ1) is 11.9. The monoisotopic (exact) mass is 381 g/mol. The van der Waals surface area contributed by atoms with E-state index in [1.165, 1.54) is 0 Å². The van der Waals surface area contributed by atoms with Crippen molar-refractivity contribution in [2.24, 2.45) is 0 Å². The number of thioether (sulfide) groups is 1. The third-order valence-corrected chi connectivity index (χ3v) is 4.38. The minimum atomic E-state index is -1.12. The van der Waals surface area contributed by atoms with Gasteiger partial charge in [-0.05, 0) is 30.7 Å². The van der Waals surface area contributed by atoms with Crippen LogP contribution in [0.5, 0.6) is 5.75 Å². The highest BCUT2D eigenvalue weighted by Crippen LogP contribution is 2.32. The molecule has 0 aliphatic carbocycles. The fraction of sp³-hybridized carbons (Fsp3) is 0.250. The van der Waals surface area contributed by atoms with Crippen LogP contribution in [0.4, 0.5) is 0 Å². The second-order valence-corrected chi connectivity index (χ2v) is 6.50. The number of carbonyl (C=O) groups is 3. The fourth-order valence-corrected chi connectivity index (χ4v) is 3.18. The van der Waals surface area contributed by atoms with Gasteiger partial charge in [0.05, 0.1) is 11.5 Å². The lowest BCUT2D eigenvalue weighted by molar-refractivity contribution is -0.145. The van der Waals surface area contributed by atoms with Crippen LogP contribution in [-0.2, 0) is 19.1 Å². The number of hydrogen-bond acceptors (Lipinski definition) is 7. The summed E-state index contributed by atoms with van der Waals surface area (Å²) in [7, 11) is 0. The summed E-state index contributed by atoms with van der Waals surface area (Å²) in [5.74, 6) is -1.52. The topological polar surface area (TPSA) is 93.1 Å². The summed E-state index contributed by atoms with van der Waals surface area (Å²) >= 11 is 6.09. The predicted octanol–water partition coefficient (Wildman–Crippen LogP) is 1.91. The van der Waals surface area contributed by atoms with Crippen LogP contribution in [-0.4, -0.2) is 51.9 Å². The Morgan fingerprint density at radius 3 is 2.60 bits per heavy atom. The van der Waals surface area contributed by atoms with E-state index in [-0.39, 0.29) is 10.9 Å². The summed E-state index contributed by atoms with van der Waals surface area (Å²) in [5, 5.41) is 8.81. The van der Waals surface area contributed by atoms with E-state index in [9.17, 15) is 14.4 Å². The molecule has 0 saturated carbocycles. The second kappa shape index (κ2) is 8.63. The summed E-state index contributed by atoms with van der Waals surface area (Å²) < 4.78 is 10.3. The average molecular weight is 381 g/mol. The lowest BCUT2D eigenvalue weighted by Gasteiger charge is -2.10. The Balaban J connectivity index is 2.02. The molecule has 1 N–H and O–H groups in total. The van der Waals surface area contributed by atoms with Gasteiger partial charge in [0.1, 0.15) is 16.6 Å². The fourth-order valence-electron chi connectivity index (χ4n) is 1.93. The Labute approximate surface area is 153 Å². The zero-order chi connectivity index (χ0) is 18.4. The maximum absolute atomic E-state index is 12.2. The molecular weight excluding hydrogens is 366 g/mol. The lowest BCUT2D eigenvalue weighted by Crippen LogP contribution is -2.33. The first-order valence-corrected chi connectivity index (χ1v) is 8.49. The standard InChI is InChI=1S/C16H15NO6S2/c1-2-22-14(20)9-23-11-5-3-10(4-6-11)7-12-15(21)17(8-13(18)19)16(24)25-12/h3-7H,2,8-9H2,1H3,(H,18,19). The van der Waals surface area contributed by atoms with E-state index in [4.69, 9.17) is 26.8 Å². The molecule has 0 radical (unpaired) electrons. The smallest absolute Gasteiger partial charge is 0.344 e. The third kappa shape index (κ3) is 5.30. The molecule has 1 aliphatic heterocycles. The lowest BCUT2D eigenvalue weighted by atomic mass is 10.2. The number of carboxylic acids is 1. The number of esters is 1. The van der Waals surface area contributed by atoms with Crippen molar-refractivity contribution >= 4 is 52.2 Å². The SMILES string of the molecule is CCOC(=O)COc1ccc(C=C2SC(=S)N(CC(=O)O)C2=O)cc1. The van der Waals surface area contributed by atoms with Crippen molar-refractivity contribution in [1.29, 1.82) is 0 Å². The van der Waals surface area contributed by atoms with Gasteiger partial charge in [0.15, 0.2) is 6.61 Å². The quantitative estimate of drug-likeness (QED) is 0.435. The van der Waals surface area contributed by atoms with Crippen LogP contribution < -0.4 is 4.74 Å². The highest BCUT2D eigenvalue weighted by molar-refractivity contribution is 8.26. The van der Waals surface area contributed by atoms with Gasteiger partial charge in [-0.1, -0.05) is 36.1 Å². The van der Waals surface area contributed by atoms with Crippen LogP contribution in [0.25, 0.3) is 6.08 Å². The Kier molecular flexibility index (Phi) is 6.54. The average Bonchev–Trinajstić information content (AvgIpc) is 2.82. The van der Waals surface area contributed by atoms with E-state index < -0.39 is 24.4 Å². The highest BCUT2D eigenvalue weighted by atomic mass is 32.2. The third-order valence-electron chi connectivity index (χ3n) is 3.01. The van der Waals surface area contributed by atoms with Crippen LogP contribution >= 0.6 is 24.0 Å². The zero-order valence-electron chi connectivity index (χ0n) is 13.3. The number of benzene rings is 1. The van der Waals surface area contributed by atoms with Gasteiger partial charge in [-0.2, -0.15) is 0 Å². The molecule has 2 rings (SSSR count). The summed E-state index contributed by atoms with van der Waals surface area (Å²) in [6.07, 6.45) is 1.62. The number of carboxylic acid groups (broad SMARTS) is 1. The van der Waals surface area contributed by atoms with Crippen molar-refractivity contribution in [2.45, 2.75) is 6.92 Å². The van der Waals surface area contributed by atoms with Crippen molar-refractivity contribution in [3.05, 3.63) is 34.7 Å². The van der Waals surface area contributed by atoms with E-state index >= 15 is 0 Å². The van der Waals surface area contributed by atoms with Crippen molar-refractivity contribution in [2.75, 3.05) is 19.8 Å². The number of rotatable bonds is 7. The van der Waals surface area contributed by atoms with Crippen LogP contribution in [0.3, 0.4) is 0 Å². The first kappa shape index (κ1) is 18.9.